The molecular formula is C23H22N4O4S. The number of piperidine rings is 1. The second-order valence-corrected chi connectivity index (χ2v) is 9.91. The highest BCUT2D eigenvalue weighted by Gasteiger charge is 2.37. The maximum atomic E-state index is 13.1. The Balaban J connectivity index is 1.41. The molecule has 2 bridgehead atoms. The summed E-state index contributed by atoms with van der Waals surface area (Å²) >= 11 is 0. The van der Waals surface area contributed by atoms with Gasteiger partial charge >= 0.3 is 0 Å². The molecule has 0 saturated carbocycles. The Morgan fingerprint density at radius 2 is 1.75 bits per heavy atom. The van der Waals surface area contributed by atoms with Crippen LogP contribution < -0.4 is 10.3 Å². The van der Waals surface area contributed by atoms with E-state index >= 15 is 0 Å². The van der Waals surface area contributed by atoms with Gasteiger partial charge in [0.25, 0.3) is 21.5 Å². The summed E-state index contributed by atoms with van der Waals surface area (Å²) in [4.78, 5) is 32.1. The Morgan fingerprint density at radius 1 is 0.969 bits per heavy atom. The minimum absolute atomic E-state index is 0.0163. The monoisotopic (exact) mass is 450 g/mol. The van der Waals surface area contributed by atoms with E-state index < -0.39 is 10.0 Å². The van der Waals surface area contributed by atoms with Crippen LogP contribution in [0.4, 0.5) is 5.69 Å². The maximum absolute atomic E-state index is 13.1. The van der Waals surface area contributed by atoms with Crippen LogP contribution in [0, 0.1) is 5.92 Å². The lowest BCUT2D eigenvalue weighted by molar-refractivity contribution is 0.0589. The van der Waals surface area contributed by atoms with Gasteiger partial charge in [-0.05, 0) is 48.7 Å². The number of aromatic nitrogens is 2. The number of hydrogen-bond acceptors (Lipinski definition) is 5. The zero-order valence-corrected chi connectivity index (χ0v) is 18.0. The largest absolute Gasteiger partial charge is 0.336 e. The van der Waals surface area contributed by atoms with Crippen molar-refractivity contribution in [2.75, 3.05) is 17.8 Å². The zero-order chi connectivity index (χ0) is 22.3. The molecule has 0 aliphatic carbocycles. The summed E-state index contributed by atoms with van der Waals surface area (Å²) in [5.74, 6) is 0.0265. The van der Waals surface area contributed by atoms with Crippen molar-refractivity contribution in [2.24, 2.45) is 5.92 Å². The average molecular weight is 451 g/mol. The molecule has 9 heteroatoms. The normalized spacial score (nSPS) is 19.8. The van der Waals surface area contributed by atoms with Crippen LogP contribution in [0.1, 0.15) is 28.5 Å². The smallest absolute Gasteiger partial charge is 0.275 e. The van der Waals surface area contributed by atoms with Crippen molar-refractivity contribution in [1.82, 2.24) is 14.5 Å². The molecule has 0 unspecified atom stereocenters. The van der Waals surface area contributed by atoms with Crippen molar-refractivity contribution < 1.29 is 13.2 Å². The van der Waals surface area contributed by atoms with Crippen molar-refractivity contribution in [3.8, 4) is 0 Å². The number of rotatable bonds is 4. The predicted molar refractivity (Wildman–Crippen MR) is 119 cm³/mol. The SMILES string of the molecule is O=C(c1ccccn1)N1C[C@@H]2C[C@H](C1)c1ccc(NS(=O)(=O)c3ccccc3)c(=O)n1C2. The van der Waals surface area contributed by atoms with E-state index in [1.165, 1.54) is 18.2 Å². The highest BCUT2D eigenvalue weighted by atomic mass is 32.2. The summed E-state index contributed by atoms with van der Waals surface area (Å²) in [5, 5.41) is 0. The number of likely N-dealkylation sites (tertiary alicyclic amines) is 1. The van der Waals surface area contributed by atoms with Gasteiger partial charge in [-0.3, -0.25) is 19.3 Å². The van der Waals surface area contributed by atoms with Gasteiger partial charge in [-0.15, -0.1) is 0 Å². The lowest BCUT2D eigenvalue weighted by Gasteiger charge is -2.42. The van der Waals surface area contributed by atoms with Crippen molar-refractivity contribution in [3.63, 3.8) is 0 Å². The Labute approximate surface area is 185 Å². The summed E-state index contributed by atoms with van der Waals surface area (Å²) in [7, 11) is -3.85. The summed E-state index contributed by atoms with van der Waals surface area (Å²) in [6, 6.07) is 16.5. The fraction of sp³-hybridized carbons (Fsp3) is 0.261. The van der Waals surface area contributed by atoms with Crippen molar-refractivity contribution in [3.05, 3.63) is 88.6 Å². The van der Waals surface area contributed by atoms with E-state index in [9.17, 15) is 18.0 Å². The highest BCUT2D eigenvalue weighted by Crippen LogP contribution is 2.36. The fourth-order valence-corrected chi connectivity index (χ4v) is 5.72. The van der Waals surface area contributed by atoms with E-state index in [-0.39, 0.29) is 33.9 Å². The number of carbonyl (C=O) groups excluding carboxylic acids is 1. The molecule has 1 amide bonds. The molecule has 8 nitrogen and oxygen atoms in total. The lowest BCUT2D eigenvalue weighted by atomic mass is 9.83. The molecule has 3 aromatic rings. The molecule has 32 heavy (non-hydrogen) atoms. The number of sulfonamides is 1. The first-order chi connectivity index (χ1) is 15.4. The summed E-state index contributed by atoms with van der Waals surface area (Å²) in [6.45, 7) is 1.48. The van der Waals surface area contributed by atoms with E-state index in [2.05, 4.69) is 9.71 Å². The van der Waals surface area contributed by atoms with Crippen LogP contribution in [0.5, 0.6) is 0 Å². The van der Waals surface area contributed by atoms with Crippen LogP contribution in [0.15, 0.2) is 76.6 Å². The Morgan fingerprint density at radius 3 is 2.50 bits per heavy atom. The van der Waals surface area contributed by atoms with Gasteiger partial charge in [-0.2, -0.15) is 0 Å². The average Bonchev–Trinajstić information content (AvgIpc) is 2.81. The molecule has 164 valence electrons. The fourth-order valence-electron chi connectivity index (χ4n) is 4.64. The van der Waals surface area contributed by atoms with Gasteiger partial charge in [0.05, 0.1) is 4.90 Å². The number of nitrogens with zero attached hydrogens (tertiary/aromatic N) is 3. The number of pyridine rings is 2. The van der Waals surface area contributed by atoms with Crippen molar-refractivity contribution in [2.45, 2.75) is 23.8 Å². The van der Waals surface area contributed by atoms with Crippen LogP contribution in [0.3, 0.4) is 0 Å². The molecule has 2 aliphatic rings. The second-order valence-electron chi connectivity index (χ2n) is 8.23. The first kappa shape index (κ1) is 20.4. The van der Waals surface area contributed by atoms with Gasteiger partial charge in [0.1, 0.15) is 11.4 Å². The molecule has 0 radical (unpaired) electrons. The molecule has 5 rings (SSSR count). The minimum atomic E-state index is -3.85. The number of benzene rings is 1. The van der Waals surface area contributed by atoms with Crippen molar-refractivity contribution >= 4 is 21.6 Å². The molecule has 2 aromatic heterocycles. The van der Waals surface area contributed by atoms with E-state index in [1.54, 1.807) is 58.1 Å². The number of amides is 1. The van der Waals surface area contributed by atoms with Gasteiger partial charge in [0.15, 0.2) is 0 Å². The molecule has 1 N–H and O–H groups in total. The maximum Gasteiger partial charge on any atom is 0.275 e. The minimum Gasteiger partial charge on any atom is -0.336 e. The molecule has 1 fully saturated rings. The van der Waals surface area contributed by atoms with Crippen LogP contribution in [0.2, 0.25) is 0 Å². The van der Waals surface area contributed by atoms with Crippen LogP contribution in [-0.2, 0) is 16.6 Å². The van der Waals surface area contributed by atoms with Gasteiger partial charge in [-0.25, -0.2) is 8.42 Å². The van der Waals surface area contributed by atoms with Crippen LogP contribution in [-0.4, -0.2) is 41.9 Å². The van der Waals surface area contributed by atoms with E-state index in [1.807, 2.05) is 0 Å². The van der Waals surface area contributed by atoms with Crippen LogP contribution >= 0.6 is 0 Å². The highest BCUT2D eigenvalue weighted by molar-refractivity contribution is 7.92. The Bertz CT molecular complexity index is 1320. The number of carbonyl (C=O) groups is 1. The van der Waals surface area contributed by atoms with Gasteiger partial charge < -0.3 is 9.47 Å². The van der Waals surface area contributed by atoms with E-state index in [0.717, 1.165) is 12.1 Å². The van der Waals surface area contributed by atoms with Crippen LogP contribution in [0.25, 0.3) is 0 Å². The van der Waals surface area contributed by atoms with Gasteiger partial charge in [0, 0.05) is 37.4 Å². The summed E-state index contributed by atoms with van der Waals surface area (Å²) in [6.07, 6.45) is 2.49. The summed E-state index contributed by atoms with van der Waals surface area (Å²) < 4.78 is 29.4. The van der Waals surface area contributed by atoms with Crippen molar-refractivity contribution in [1.29, 1.82) is 0 Å². The zero-order valence-electron chi connectivity index (χ0n) is 17.2. The predicted octanol–water partition coefficient (Wildman–Crippen LogP) is 2.30. The molecule has 2 aliphatic heterocycles. The first-order valence-electron chi connectivity index (χ1n) is 10.4. The third kappa shape index (κ3) is 3.69. The third-order valence-electron chi connectivity index (χ3n) is 6.07. The molecule has 0 spiro atoms. The molecule has 4 heterocycles. The molecule has 2 atom stereocenters. The van der Waals surface area contributed by atoms with E-state index in [4.69, 9.17) is 0 Å². The first-order valence-corrected chi connectivity index (χ1v) is 11.9. The topological polar surface area (TPSA) is 101 Å². The number of hydrogen-bond donors (Lipinski definition) is 1. The number of fused-ring (bicyclic) bond motifs is 4. The standard InChI is InChI=1S/C23H22N4O4S/c28-22(19-8-4-5-11-24-19)26-13-16-12-17(15-26)21-10-9-20(23(29)27(21)14-16)25-32(30,31)18-6-2-1-3-7-18/h1-11,16-17,25H,12-15H2/t16-,17+/m0/s1. The Kier molecular flexibility index (Phi) is 5.05. The summed E-state index contributed by atoms with van der Waals surface area (Å²) in [5.41, 5.74) is 0.906. The number of anilines is 1. The van der Waals surface area contributed by atoms with E-state index in [0.29, 0.717) is 25.3 Å². The Hall–Kier alpha value is -3.46. The quantitative estimate of drug-likeness (QED) is 0.657. The second kappa shape index (κ2) is 7.90. The number of nitrogens with one attached hydrogen (secondary N) is 1. The molecule has 1 saturated heterocycles. The molecule has 1 aromatic carbocycles. The molecular weight excluding hydrogens is 428 g/mol. The van der Waals surface area contributed by atoms with Gasteiger partial charge in [-0.1, -0.05) is 24.3 Å². The van der Waals surface area contributed by atoms with Gasteiger partial charge in [0.2, 0.25) is 0 Å². The lowest BCUT2D eigenvalue weighted by Crippen LogP contribution is -2.49. The third-order valence-corrected chi connectivity index (χ3v) is 7.45.